The van der Waals surface area contributed by atoms with Crippen molar-refractivity contribution >= 4 is 5.78 Å². The minimum Gasteiger partial charge on any atom is -0.370 e. The van der Waals surface area contributed by atoms with E-state index in [1.807, 2.05) is 23.0 Å². The number of hydrogen-bond acceptors (Lipinski definition) is 2. The lowest BCUT2D eigenvalue weighted by Crippen LogP contribution is -2.22. The normalized spacial score (nSPS) is 23.6. The molecule has 1 aliphatic rings. The first-order chi connectivity index (χ1) is 7.46. The van der Waals surface area contributed by atoms with Gasteiger partial charge in [0.2, 0.25) is 0 Å². The number of Topliss-reactive ketones (excluding diaryl/α,β-unsaturated/α-hetero) is 1. The van der Waals surface area contributed by atoms with Crippen molar-refractivity contribution in [3.8, 4) is 0 Å². The highest BCUT2D eigenvalue weighted by atomic mass is 16.5. The molecule has 1 saturated heterocycles. The zero-order valence-electron chi connectivity index (χ0n) is 10.2. The minimum absolute atomic E-state index is 0.0151. The predicted octanol–water partition coefficient (Wildman–Crippen LogP) is 2.65. The number of carbonyl (C=O) groups excluding carboxylic acids is 1. The van der Waals surface area contributed by atoms with Gasteiger partial charge in [0.1, 0.15) is 0 Å². The Balaban J connectivity index is 1.97. The Kier molecular flexibility index (Phi) is 2.89. The smallest absolute Gasteiger partial charge is 0.161 e. The molecule has 0 bridgehead atoms. The molecule has 0 radical (unpaired) electrons. The van der Waals surface area contributed by atoms with Gasteiger partial charge in [-0.3, -0.25) is 4.79 Å². The molecular weight excluding hydrogens is 202 g/mol. The predicted molar refractivity (Wildman–Crippen MR) is 62.6 cm³/mol. The summed E-state index contributed by atoms with van der Waals surface area (Å²) in [7, 11) is 0. The lowest BCUT2D eigenvalue weighted by Gasteiger charge is -2.19. The van der Waals surface area contributed by atoms with Crippen molar-refractivity contribution in [2.45, 2.75) is 51.9 Å². The van der Waals surface area contributed by atoms with Crippen LogP contribution in [0.4, 0.5) is 0 Å². The van der Waals surface area contributed by atoms with Crippen molar-refractivity contribution in [3.05, 3.63) is 24.0 Å². The largest absolute Gasteiger partial charge is 0.370 e. The Morgan fingerprint density at radius 1 is 1.62 bits per heavy atom. The number of nitrogens with zero attached hydrogens (tertiary/aromatic N) is 1. The minimum atomic E-state index is 0.0151. The number of rotatable bonds is 3. The van der Waals surface area contributed by atoms with Crippen LogP contribution in [0.5, 0.6) is 0 Å². The highest BCUT2D eigenvalue weighted by Gasteiger charge is 2.31. The van der Waals surface area contributed by atoms with E-state index in [9.17, 15) is 4.79 Å². The van der Waals surface area contributed by atoms with E-state index in [4.69, 9.17) is 4.74 Å². The summed E-state index contributed by atoms with van der Waals surface area (Å²) in [6.07, 6.45) is 6.34. The molecule has 3 heteroatoms. The second kappa shape index (κ2) is 4.06. The Morgan fingerprint density at radius 2 is 2.38 bits per heavy atom. The van der Waals surface area contributed by atoms with Gasteiger partial charge in [-0.2, -0.15) is 0 Å². The maximum atomic E-state index is 11.2. The Labute approximate surface area is 96.4 Å². The molecule has 3 nitrogen and oxygen atoms in total. The molecule has 1 fully saturated rings. The molecular formula is C13H19NO2. The third kappa shape index (κ3) is 2.53. The summed E-state index contributed by atoms with van der Waals surface area (Å²) in [6.45, 7) is 6.69. The topological polar surface area (TPSA) is 31.2 Å². The second-order valence-corrected chi connectivity index (χ2v) is 5.19. The molecule has 1 aromatic heterocycles. The standard InChI is InChI=1S/C13H19NO2/c1-10(15)11-5-7-14(8-11)9-12-4-6-13(2,3)16-12/h5,7-8,12H,4,6,9H2,1-3H3. The van der Waals surface area contributed by atoms with Gasteiger partial charge < -0.3 is 9.30 Å². The van der Waals surface area contributed by atoms with Crippen LogP contribution in [-0.2, 0) is 11.3 Å². The van der Waals surface area contributed by atoms with Gasteiger partial charge in [0, 0.05) is 24.5 Å². The summed E-state index contributed by atoms with van der Waals surface area (Å²) in [6, 6.07) is 1.86. The Morgan fingerprint density at radius 3 is 2.88 bits per heavy atom. The van der Waals surface area contributed by atoms with Gasteiger partial charge >= 0.3 is 0 Å². The zero-order chi connectivity index (χ0) is 11.8. The zero-order valence-corrected chi connectivity index (χ0v) is 10.2. The summed E-state index contributed by atoms with van der Waals surface area (Å²) in [5.41, 5.74) is 0.790. The molecule has 1 unspecified atom stereocenters. The molecule has 88 valence electrons. The van der Waals surface area contributed by atoms with Crippen LogP contribution in [0.1, 0.15) is 44.0 Å². The first-order valence-electron chi connectivity index (χ1n) is 5.81. The number of carbonyl (C=O) groups is 1. The highest BCUT2D eigenvalue weighted by Crippen LogP contribution is 2.30. The van der Waals surface area contributed by atoms with Gasteiger partial charge in [-0.25, -0.2) is 0 Å². The van der Waals surface area contributed by atoms with Crippen LogP contribution in [0.3, 0.4) is 0 Å². The maximum absolute atomic E-state index is 11.2. The fourth-order valence-electron chi connectivity index (χ4n) is 2.20. The van der Waals surface area contributed by atoms with E-state index < -0.39 is 0 Å². The Hall–Kier alpha value is -1.09. The molecule has 0 N–H and O–H groups in total. The quantitative estimate of drug-likeness (QED) is 0.735. The van der Waals surface area contributed by atoms with Crippen LogP contribution >= 0.6 is 0 Å². The summed E-state index contributed by atoms with van der Waals surface area (Å²) in [5.74, 6) is 0.117. The van der Waals surface area contributed by atoms with Crippen molar-refractivity contribution in [2.24, 2.45) is 0 Å². The van der Waals surface area contributed by atoms with Crippen LogP contribution < -0.4 is 0 Å². The lowest BCUT2D eigenvalue weighted by atomic mass is 10.1. The van der Waals surface area contributed by atoms with E-state index >= 15 is 0 Å². The van der Waals surface area contributed by atoms with Gasteiger partial charge in [-0.1, -0.05) is 0 Å². The van der Waals surface area contributed by atoms with E-state index in [1.54, 1.807) is 6.92 Å². The monoisotopic (exact) mass is 221 g/mol. The van der Waals surface area contributed by atoms with Crippen LogP contribution in [0.2, 0.25) is 0 Å². The van der Waals surface area contributed by atoms with Crippen LogP contribution in [0.15, 0.2) is 18.5 Å². The number of ether oxygens (including phenoxy) is 1. The fraction of sp³-hybridized carbons (Fsp3) is 0.615. The first-order valence-corrected chi connectivity index (χ1v) is 5.81. The SMILES string of the molecule is CC(=O)c1ccn(CC2CCC(C)(C)O2)c1. The Bertz CT molecular complexity index is 392. The van der Waals surface area contributed by atoms with Gasteiger partial charge in [0.25, 0.3) is 0 Å². The summed E-state index contributed by atoms with van der Waals surface area (Å²) in [4.78, 5) is 11.2. The number of hydrogen-bond donors (Lipinski definition) is 0. The third-order valence-corrected chi connectivity index (χ3v) is 3.13. The maximum Gasteiger partial charge on any atom is 0.161 e. The van der Waals surface area contributed by atoms with E-state index in [2.05, 4.69) is 13.8 Å². The first kappa shape index (κ1) is 11.4. The van der Waals surface area contributed by atoms with Gasteiger partial charge in [-0.15, -0.1) is 0 Å². The highest BCUT2D eigenvalue weighted by molar-refractivity contribution is 5.93. The van der Waals surface area contributed by atoms with E-state index in [1.165, 1.54) is 0 Å². The molecule has 0 aromatic carbocycles. The van der Waals surface area contributed by atoms with Gasteiger partial charge in [0.05, 0.1) is 11.7 Å². The molecule has 0 spiro atoms. The van der Waals surface area contributed by atoms with Gasteiger partial charge in [-0.05, 0) is 39.7 Å². The van der Waals surface area contributed by atoms with Crippen LogP contribution in [0.25, 0.3) is 0 Å². The average molecular weight is 221 g/mol. The van der Waals surface area contributed by atoms with Crippen LogP contribution in [0, 0.1) is 0 Å². The molecule has 0 aliphatic carbocycles. The van der Waals surface area contributed by atoms with E-state index in [0.717, 1.165) is 24.9 Å². The number of ketones is 1. The average Bonchev–Trinajstić information content (AvgIpc) is 2.73. The van der Waals surface area contributed by atoms with Gasteiger partial charge in [0.15, 0.2) is 5.78 Å². The number of aromatic nitrogens is 1. The van der Waals surface area contributed by atoms with Crippen molar-refractivity contribution in [1.82, 2.24) is 4.57 Å². The third-order valence-electron chi connectivity index (χ3n) is 3.13. The lowest BCUT2D eigenvalue weighted by molar-refractivity contribution is -0.0216. The molecule has 1 aromatic rings. The molecule has 0 amide bonds. The van der Waals surface area contributed by atoms with Crippen molar-refractivity contribution in [3.63, 3.8) is 0 Å². The van der Waals surface area contributed by atoms with E-state index in [-0.39, 0.29) is 17.5 Å². The van der Waals surface area contributed by atoms with Crippen molar-refractivity contribution < 1.29 is 9.53 Å². The molecule has 2 rings (SSSR count). The summed E-state index contributed by atoms with van der Waals surface area (Å²) < 4.78 is 7.96. The molecule has 16 heavy (non-hydrogen) atoms. The molecule has 0 saturated carbocycles. The van der Waals surface area contributed by atoms with Crippen LogP contribution in [-0.4, -0.2) is 22.1 Å². The summed E-state index contributed by atoms with van der Waals surface area (Å²) >= 11 is 0. The van der Waals surface area contributed by atoms with Crippen molar-refractivity contribution in [2.75, 3.05) is 0 Å². The second-order valence-electron chi connectivity index (χ2n) is 5.19. The summed E-state index contributed by atoms with van der Waals surface area (Å²) in [5, 5.41) is 0. The molecule has 2 heterocycles. The van der Waals surface area contributed by atoms with E-state index in [0.29, 0.717) is 0 Å². The van der Waals surface area contributed by atoms with Crippen molar-refractivity contribution in [1.29, 1.82) is 0 Å². The molecule has 1 atom stereocenters. The fourth-order valence-corrected chi connectivity index (χ4v) is 2.20. The molecule has 1 aliphatic heterocycles.